The third kappa shape index (κ3) is 3.86. The Balaban J connectivity index is 1.75. The van der Waals surface area contributed by atoms with Gasteiger partial charge in [-0.3, -0.25) is 9.59 Å². The monoisotopic (exact) mass is 285 g/mol. The molecule has 0 unspecified atom stereocenters. The number of carbonyl (C=O) groups is 2. The number of thioether (sulfide) groups is 1. The van der Waals surface area contributed by atoms with Crippen LogP contribution in [0, 0.1) is 5.92 Å². The lowest BCUT2D eigenvalue weighted by Crippen LogP contribution is -2.54. The van der Waals surface area contributed by atoms with E-state index in [0.717, 1.165) is 25.0 Å². The van der Waals surface area contributed by atoms with Gasteiger partial charge in [-0.25, -0.2) is 0 Å². The highest BCUT2D eigenvalue weighted by molar-refractivity contribution is 7.98. The molecule has 1 aliphatic heterocycles. The molecular formula is C13H23N3O2S. The summed E-state index contributed by atoms with van der Waals surface area (Å²) < 4.78 is 0. The Morgan fingerprint density at radius 3 is 2.32 bits per heavy atom. The molecule has 108 valence electrons. The van der Waals surface area contributed by atoms with Crippen LogP contribution in [0.15, 0.2) is 0 Å². The molecule has 5 nitrogen and oxygen atoms in total. The average Bonchev–Trinajstić information content (AvgIpc) is 3.28. The number of hydrogen-bond donors (Lipinski definition) is 1. The molecule has 1 saturated carbocycles. The van der Waals surface area contributed by atoms with Gasteiger partial charge in [0.25, 0.3) is 0 Å². The summed E-state index contributed by atoms with van der Waals surface area (Å²) in [6.07, 6.45) is 4.82. The van der Waals surface area contributed by atoms with Crippen molar-refractivity contribution >= 4 is 23.6 Å². The highest BCUT2D eigenvalue weighted by Gasteiger charge is 2.35. The summed E-state index contributed by atoms with van der Waals surface area (Å²) in [7, 11) is 0. The van der Waals surface area contributed by atoms with E-state index in [1.165, 1.54) is 0 Å². The van der Waals surface area contributed by atoms with Crippen LogP contribution >= 0.6 is 11.8 Å². The van der Waals surface area contributed by atoms with Crippen LogP contribution in [0.5, 0.6) is 0 Å². The lowest BCUT2D eigenvalue weighted by atomic mass is 10.2. The van der Waals surface area contributed by atoms with Crippen LogP contribution in [0.3, 0.4) is 0 Å². The van der Waals surface area contributed by atoms with E-state index in [0.29, 0.717) is 26.2 Å². The largest absolute Gasteiger partial charge is 0.339 e. The van der Waals surface area contributed by atoms with Gasteiger partial charge >= 0.3 is 0 Å². The normalized spacial score (nSPS) is 21.4. The summed E-state index contributed by atoms with van der Waals surface area (Å²) >= 11 is 1.70. The predicted molar refractivity (Wildman–Crippen MR) is 76.9 cm³/mol. The van der Waals surface area contributed by atoms with E-state index in [4.69, 9.17) is 5.73 Å². The third-order valence-electron chi connectivity index (χ3n) is 3.78. The van der Waals surface area contributed by atoms with Gasteiger partial charge in [0.15, 0.2) is 0 Å². The summed E-state index contributed by atoms with van der Waals surface area (Å²) in [6.45, 7) is 2.58. The smallest absolute Gasteiger partial charge is 0.239 e. The lowest BCUT2D eigenvalue weighted by molar-refractivity contribution is -0.141. The Labute approximate surface area is 118 Å². The fourth-order valence-corrected chi connectivity index (χ4v) is 2.83. The maximum atomic E-state index is 12.1. The molecule has 19 heavy (non-hydrogen) atoms. The Bertz CT molecular complexity index is 339. The van der Waals surface area contributed by atoms with Crippen molar-refractivity contribution in [2.24, 2.45) is 11.7 Å². The number of amides is 2. The average molecular weight is 285 g/mol. The van der Waals surface area contributed by atoms with Crippen LogP contribution in [0.25, 0.3) is 0 Å². The summed E-state index contributed by atoms with van der Waals surface area (Å²) in [4.78, 5) is 27.7. The Morgan fingerprint density at radius 2 is 1.79 bits per heavy atom. The van der Waals surface area contributed by atoms with Crippen molar-refractivity contribution < 1.29 is 9.59 Å². The molecule has 2 N–H and O–H groups in total. The number of carbonyl (C=O) groups excluding carboxylic acids is 2. The van der Waals surface area contributed by atoms with Crippen LogP contribution in [-0.2, 0) is 9.59 Å². The molecule has 2 rings (SSSR count). The van der Waals surface area contributed by atoms with Crippen LogP contribution in [0.2, 0.25) is 0 Å². The standard InChI is InChI=1S/C13H23N3O2S/c1-19-9-4-11(14)13(18)16-7-5-15(6-8-16)12(17)10-2-3-10/h10-11H,2-9,14H2,1H3/t11-/m0/s1. The van der Waals surface area contributed by atoms with E-state index >= 15 is 0 Å². The minimum atomic E-state index is -0.391. The number of rotatable bonds is 5. The molecule has 0 spiro atoms. The van der Waals surface area contributed by atoms with Crippen molar-refractivity contribution in [1.29, 1.82) is 0 Å². The minimum absolute atomic E-state index is 0.0348. The van der Waals surface area contributed by atoms with E-state index in [1.54, 1.807) is 11.8 Å². The Kier molecular flexibility index (Phi) is 5.10. The second-order valence-electron chi connectivity index (χ2n) is 5.31. The Morgan fingerprint density at radius 1 is 1.21 bits per heavy atom. The lowest BCUT2D eigenvalue weighted by Gasteiger charge is -2.36. The number of nitrogens with zero attached hydrogens (tertiary/aromatic N) is 2. The maximum Gasteiger partial charge on any atom is 0.239 e. The highest BCUT2D eigenvalue weighted by atomic mass is 32.2. The molecule has 1 atom stereocenters. The van der Waals surface area contributed by atoms with Gasteiger partial charge in [0, 0.05) is 32.1 Å². The van der Waals surface area contributed by atoms with Gasteiger partial charge < -0.3 is 15.5 Å². The molecule has 0 radical (unpaired) electrons. The van der Waals surface area contributed by atoms with Gasteiger partial charge in [0.2, 0.25) is 11.8 Å². The van der Waals surface area contributed by atoms with Crippen molar-refractivity contribution in [2.75, 3.05) is 38.2 Å². The van der Waals surface area contributed by atoms with Gasteiger partial charge in [0.1, 0.15) is 0 Å². The summed E-state index contributed by atoms with van der Waals surface area (Å²) in [5, 5.41) is 0. The summed E-state index contributed by atoms with van der Waals surface area (Å²) in [6, 6.07) is -0.391. The molecule has 0 aromatic rings. The molecule has 1 aliphatic carbocycles. The zero-order valence-electron chi connectivity index (χ0n) is 11.5. The van der Waals surface area contributed by atoms with Crippen molar-refractivity contribution in [1.82, 2.24) is 9.80 Å². The molecule has 2 aliphatic rings. The molecule has 2 fully saturated rings. The van der Waals surface area contributed by atoms with Crippen LogP contribution in [-0.4, -0.2) is 65.8 Å². The zero-order chi connectivity index (χ0) is 13.8. The maximum absolute atomic E-state index is 12.1. The van der Waals surface area contributed by atoms with Gasteiger partial charge in [-0.05, 0) is 31.3 Å². The fourth-order valence-electron chi connectivity index (χ4n) is 2.34. The highest BCUT2D eigenvalue weighted by Crippen LogP contribution is 2.31. The molecule has 0 bridgehead atoms. The first-order valence-corrected chi connectivity index (χ1v) is 8.35. The molecule has 2 amide bonds. The first-order chi connectivity index (χ1) is 9.13. The summed E-state index contributed by atoms with van der Waals surface area (Å²) in [5.41, 5.74) is 5.90. The topological polar surface area (TPSA) is 66.6 Å². The van der Waals surface area contributed by atoms with Crippen molar-refractivity contribution in [2.45, 2.75) is 25.3 Å². The van der Waals surface area contributed by atoms with Crippen LogP contribution in [0.1, 0.15) is 19.3 Å². The van der Waals surface area contributed by atoms with E-state index < -0.39 is 6.04 Å². The zero-order valence-corrected chi connectivity index (χ0v) is 12.3. The molecule has 1 heterocycles. The first-order valence-electron chi connectivity index (χ1n) is 6.95. The molecule has 0 aromatic heterocycles. The van der Waals surface area contributed by atoms with Gasteiger partial charge in [-0.1, -0.05) is 0 Å². The molecule has 6 heteroatoms. The van der Waals surface area contributed by atoms with E-state index in [9.17, 15) is 9.59 Å². The van der Waals surface area contributed by atoms with Crippen LogP contribution < -0.4 is 5.73 Å². The van der Waals surface area contributed by atoms with Crippen molar-refractivity contribution in [3.63, 3.8) is 0 Å². The van der Waals surface area contributed by atoms with E-state index in [-0.39, 0.29) is 17.7 Å². The van der Waals surface area contributed by atoms with E-state index in [2.05, 4.69) is 0 Å². The first kappa shape index (κ1) is 14.7. The quantitative estimate of drug-likeness (QED) is 0.781. The van der Waals surface area contributed by atoms with Crippen molar-refractivity contribution in [3.05, 3.63) is 0 Å². The van der Waals surface area contributed by atoms with Crippen molar-refractivity contribution in [3.8, 4) is 0 Å². The third-order valence-corrected chi connectivity index (χ3v) is 4.42. The fraction of sp³-hybridized carbons (Fsp3) is 0.846. The minimum Gasteiger partial charge on any atom is -0.339 e. The Hall–Kier alpha value is -0.750. The second kappa shape index (κ2) is 6.61. The SMILES string of the molecule is CSCC[C@H](N)C(=O)N1CCN(C(=O)C2CC2)CC1. The predicted octanol–water partition coefficient (Wildman–Crippen LogP) is 0.148. The van der Waals surface area contributed by atoms with Gasteiger partial charge in [-0.15, -0.1) is 0 Å². The number of piperazine rings is 1. The second-order valence-corrected chi connectivity index (χ2v) is 6.30. The van der Waals surface area contributed by atoms with Gasteiger partial charge in [-0.2, -0.15) is 11.8 Å². The van der Waals surface area contributed by atoms with Crippen LogP contribution in [0.4, 0.5) is 0 Å². The van der Waals surface area contributed by atoms with E-state index in [1.807, 2.05) is 16.1 Å². The van der Waals surface area contributed by atoms with Gasteiger partial charge in [0.05, 0.1) is 6.04 Å². The summed E-state index contributed by atoms with van der Waals surface area (Å²) in [5.74, 6) is 1.49. The molecule has 1 saturated heterocycles. The molecule has 0 aromatic carbocycles. The number of nitrogens with two attached hydrogens (primary N) is 1. The number of hydrogen-bond acceptors (Lipinski definition) is 4. The molecular weight excluding hydrogens is 262 g/mol.